The van der Waals surface area contributed by atoms with E-state index in [0.29, 0.717) is 0 Å². The zero-order valence-corrected chi connectivity index (χ0v) is 16.7. The van der Waals surface area contributed by atoms with Crippen LogP contribution in [-0.2, 0) is 9.59 Å². The van der Waals surface area contributed by atoms with Gasteiger partial charge in [-0.1, -0.05) is 0 Å². The Balaban J connectivity index is 1.46. The molecule has 2 aliphatic heterocycles. The Morgan fingerprint density at radius 2 is 1.75 bits per heavy atom. The van der Waals surface area contributed by atoms with E-state index in [2.05, 4.69) is 0 Å². The molecule has 0 spiro atoms. The van der Waals surface area contributed by atoms with E-state index in [9.17, 15) is 42.5 Å². The van der Waals surface area contributed by atoms with E-state index in [4.69, 9.17) is 0 Å². The van der Waals surface area contributed by atoms with E-state index in [1.165, 1.54) is 11.0 Å². The molecular formula is C19H19F3N4O6. The van der Waals surface area contributed by atoms with Gasteiger partial charge in [0.05, 0.1) is 16.1 Å². The number of nitrogens with one attached hydrogen (secondary N) is 1. The van der Waals surface area contributed by atoms with Crippen molar-refractivity contribution in [3.05, 3.63) is 39.4 Å². The Morgan fingerprint density at radius 1 is 1.12 bits per heavy atom. The molecule has 1 fully saturated rings. The molecule has 3 rings (SSSR count). The molecule has 13 heteroatoms. The lowest BCUT2D eigenvalue weighted by atomic mass is 10.0. The van der Waals surface area contributed by atoms with Crippen molar-refractivity contribution in [1.29, 1.82) is 0 Å². The van der Waals surface area contributed by atoms with Gasteiger partial charge in [-0.25, -0.2) is 0 Å². The summed E-state index contributed by atoms with van der Waals surface area (Å²) in [6.45, 7) is 0.306. The quantitative estimate of drug-likeness (QED) is 0.394. The molecule has 172 valence electrons. The number of alkyl halides is 3. The molecule has 1 saturated heterocycles. The topological polar surface area (TPSA) is 130 Å². The number of nitro benzene ring substituents is 1. The van der Waals surface area contributed by atoms with Crippen LogP contribution >= 0.6 is 0 Å². The number of likely N-dealkylation sites (tertiary alicyclic amines) is 1. The van der Waals surface area contributed by atoms with E-state index < -0.39 is 34.9 Å². The van der Waals surface area contributed by atoms with Crippen LogP contribution < -0.4 is 5.32 Å². The van der Waals surface area contributed by atoms with Crippen LogP contribution in [0.25, 0.3) is 0 Å². The van der Waals surface area contributed by atoms with Crippen molar-refractivity contribution in [3.8, 4) is 0 Å². The van der Waals surface area contributed by atoms with Crippen LogP contribution in [0.15, 0.2) is 18.2 Å². The second-order valence-electron chi connectivity index (χ2n) is 7.48. The van der Waals surface area contributed by atoms with E-state index in [-0.39, 0.29) is 68.0 Å². The Hall–Kier alpha value is -3.51. The highest BCUT2D eigenvalue weighted by molar-refractivity contribution is 6.21. The normalized spacial score (nSPS) is 16.8. The number of imide groups is 1. The van der Waals surface area contributed by atoms with E-state index in [1.54, 1.807) is 0 Å². The molecule has 32 heavy (non-hydrogen) atoms. The summed E-state index contributed by atoms with van der Waals surface area (Å²) in [4.78, 5) is 60.8. The first-order valence-corrected chi connectivity index (χ1v) is 9.79. The Kier molecular flexibility index (Phi) is 6.46. The first-order chi connectivity index (χ1) is 15.0. The summed E-state index contributed by atoms with van der Waals surface area (Å²) in [5, 5.41) is 12.8. The van der Waals surface area contributed by atoms with Crippen molar-refractivity contribution < 1.29 is 37.3 Å². The van der Waals surface area contributed by atoms with Gasteiger partial charge in [-0.3, -0.25) is 34.2 Å². The third-order valence-corrected chi connectivity index (χ3v) is 5.38. The minimum absolute atomic E-state index is 0.00707. The molecule has 0 bridgehead atoms. The van der Waals surface area contributed by atoms with Gasteiger partial charge in [-0.2, -0.15) is 13.2 Å². The average molecular weight is 456 g/mol. The summed E-state index contributed by atoms with van der Waals surface area (Å²) in [5.41, 5.74) is -0.301. The minimum Gasteiger partial charge on any atom is -0.345 e. The summed E-state index contributed by atoms with van der Waals surface area (Å²) in [6.07, 6.45) is -4.41. The first kappa shape index (κ1) is 23.2. The number of nitrogens with zero attached hydrogens (tertiary/aromatic N) is 3. The van der Waals surface area contributed by atoms with Crippen LogP contribution in [0.4, 0.5) is 18.9 Å². The molecule has 10 nitrogen and oxygen atoms in total. The van der Waals surface area contributed by atoms with Gasteiger partial charge in [0.2, 0.25) is 5.91 Å². The fraction of sp³-hybridized carbons (Fsp3) is 0.474. The van der Waals surface area contributed by atoms with Crippen molar-refractivity contribution in [2.24, 2.45) is 0 Å². The molecule has 1 aromatic carbocycles. The average Bonchev–Trinajstić information content (AvgIpc) is 2.97. The Labute approximate surface area is 179 Å². The highest BCUT2D eigenvalue weighted by Crippen LogP contribution is 2.27. The van der Waals surface area contributed by atoms with Crippen molar-refractivity contribution in [1.82, 2.24) is 15.1 Å². The lowest BCUT2D eigenvalue weighted by Crippen LogP contribution is -2.49. The van der Waals surface area contributed by atoms with Crippen LogP contribution in [0, 0.1) is 10.1 Å². The lowest BCUT2D eigenvalue weighted by molar-refractivity contribution is -0.384. The number of piperidine rings is 1. The van der Waals surface area contributed by atoms with Crippen molar-refractivity contribution in [2.75, 3.05) is 19.6 Å². The minimum atomic E-state index is -4.96. The largest absolute Gasteiger partial charge is 0.471 e. The van der Waals surface area contributed by atoms with Gasteiger partial charge in [0, 0.05) is 44.2 Å². The summed E-state index contributed by atoms with van der Waals surface area (Å²) in [7, 11) is 0. The number of non-ortho nitro benzene ring substituents is 1. The maximum atomic E-state index is 12.4. The Bertz CT molecular complexity index is 972. The number of rotatable bonds is 6. The predicted molar refractivity (Wildman–Crippen MR) is 101 cm³/mol. The Morgan fingerprint density at radius 3 is 2.34 bits per heavy atom. The molecule has 2 heterocycles. The van der Waals surface area contributed by atoms with Gasteiger partial charge in [0.25, 0.3) is 17.5 Å². The standard InChI is InChI=1S/C19H19F3N4O6/c20-19(21,22)18(30)23-11-5-8-24(9-6-11)15(27)2-1-7-25-16(28)13-4-3-12(26(31)32)10-14(13)17(25)29/h3-4,10-11H,1-2,5-9H2,(H,23,30). The molecule has 0 aromatic heterocycles. The van der Waals surface area contributed by atoms with Gasteiger partial charge in [-0.05, 0) is 25.3 Å². The van der Waals surface area contributed by atoms with Gasteiger partial charge in [0.1, 0.15) is 0 Å². The van der Waals surface area contributed by atoms with Crippen LogP contribution in [0.5, 0.6) is 0 Å². The summed E-state index contributed by atoms with van der Waals surface area (Å²) in [6, 6.07) is 2.73. The van der Waals surface area contributed by atoms with Crippen LogP contribution in [0.1, 0.15) is 46.4 Å². The van der Waals surface area contributed by atoms with Crippen molar-refractivity contribution >= 4 is 29.3 Å². The number of benzene rings is 1. The third-order valence-electron chi connectivity index (χ3n) is 5.38. The fourth-order valence-corrected chi connectivity index (χ4v) is 3.68. The van der Waals surface area contributed by atoms with Crippen molar-refractivity contribution in [2.45, 2.75) is 37.9 Å². The fourth-order valence-electron chi connectivity index (χ4n) is 3.68. The number of hydrogen-bond acceptors (Lipinski definition) is 6. The van der Waals surface area contributed by atoms with Gasteiger partial charge >= 0.3 is 12.1 Å². The SMILES string of the molecule is O=C(CCCN1C(=O)c2ccc([N+](=O)[O-])cc2C1=O)N1CCC(NC(=O)C(F)(F)F)CC1. The first-order valence-electron chi connectivity index (χ1n) is 9.79. The predicted octanol–water partition coefficient (Wildman–Crippen LogP) is 1.64. The molecule has 0 aliphatic carbocycles. The highest BCUT2D eigenvalue weighted by Gasteiger charge is 2.40. The zero-order chi connectivity index (χ0) is 23.6. The molecule has 4 amide bonds. The molecule has 0 unspecified atom stereocenters. The van der Waals surface area contributed by atoms with Gasteiger partial charge < -0.3 is 10.2 Å². The van der Waals surface area contributed by atoms with E-state index >= 15 is 0 Å². The molecule has 0 saturated carbocycles. The summed E-state index contributed by atoms with van der Waals surface area (Å²) in [5.74, 6) is -3.54. The smallest absolute Gasteiger partial charge is 0.345 e. The maximum absolute atomic E-state index is 12.4. The van der Waals surface area contributed by atoms with E-state index in [0.717, 1.165) is 17.0 Å². The van der Waals surface area contributed by atoms with Crippen molar-refractivity contribution in [3.63, 3.8) is 0 Å². The molecule has 1 N–H and O–H groups in total. The van der Waals surface area contributed by atoms with Gasteiger partial charge in [-0.15, -0.1) is 0 Å². The summed E-state index contributed by atoms with van der Waals surface area (Å²) < 4.78 is 36.9. The van der Waals surface area contributed by atoms with Crippen LogP contribution in [0.3, 0.4) is 0 Å². The number of nitro groups is 1. The number of fused-ring (bicyclic) bond motifs is 1. The van der Waals surface area contributed by atoms with E-state index in [1.807, 2.05) is 5.32 Å². The molecule has 2 aliphatic rings. The monoisotopic (exact) mass is 456 g/mol. The third kappa shape index (κ3) is 4.86. The number of halogens is 3. The molecule has 0 radical (unpaired) electrons. The maximum Gasteiger partial charge on any atom is 0.471 e. The second kappa shape index (κ2) is 8.93. The number of carbonyl (C=O) groups excluding carboxylic acids is 4. The van der Waals surface area contributed by atoms with Crippen LogP contribution in [0.2, 0.25) is 0 Å². The number of carbonyl (C=O) groups is 4. The second-order valence-corrected chi connectivity index (χ2v) is 7.48. The number of amides is 4. The molecule has 0 atom stereocenters. The number of hydrogen-bond donors (Lipinski definition) is 1. The van der Waals surface area contributed by atoms with Gasteiger partial charge in [0.15, 0.2) is 0 Å². The molecule has 1 aromatic rings. The van der Waals surface area contributed by atoms with Crippen LogP contribution in [-0.4, -0.2) is 70.2 Å². The lowest BCUT2D eigenvalue weighted by Gasteiger charge is -2.32. The highest BCUT2D eigenvalue weighted by atomic mass is 19.4. The summed E-state index contributed by atoms with van der Waals surface area (Å²) >= 11 is 0. The molecular weight excluding hydrogens is 437 g/mol. The zero-order valence-electron chi connectivity index (χ0n) is 16.7.